The number of carbonyl (C=O) groups excluding carboxylic acids is 1. The molecule has 0 aromatic heterocycles. The summed E-state index contributed by atoms with van der Waals surface area (Å²) in [7, 11) is -2.77. The van der Waals surface area contributed by atoms with Crippen molar-refractivity contribution >= 4 is 33.3 Å². The van der Waals surface area contributed by atoms with E-state index >= 15 is 0 Å². The third-order valence-electron chi connectivity index (χ3n) is 3.50. The van der Waals surface area contributed by atoms with Crippen LogP contribution in [0.5, 0.6) is 5.75 Å². The minimum Gasteiger partial charge on any atom is -0.494 e. The highest BCUT2D eigenvalue weighted by atomic mass is 35.5. The second-order valence-electron chi connectivity index (χ2n) is 5.38. The highest BCUT2D eigenvalue weighted by Crippen LogP contribution is 2.26. The first-order valence-electron chi connectivity index (χ1n) is 7.96. The van der Waals surface area contributed by atoms with Gasteiger partial charge in [0.25, 0.3) is 10.0 Å². The fraction of sp³-hybridized carbons (Fsp3) is 0.278. The van der Waals surface area contributed by atoms with Crippen LogP contribution < -0.4 is 9.04 Å². The lowest BCUT2D eigenvalue weighted by atomic mass is 10.3. The number of hydrogen-bond donors (Lipinski definition) is 0. The Hall–Kier alpha value is -2.25. The summed E-state index contributed by atoms with van der Waals surface area (Å²) >= 11 is 5.83. The number of esters is 1. The van der Waals surface area contributed by atoms with Crippen molar-refractivity contribution < 1.29 is 22.7 Å². The number of halogens is 1. The maximum atomic E-state index is 13.0. The Morgan fingerprint density at radius 3 is 2.23 bits per heavy atom. The highest BCUT2D eigenvalue weighted by Gasteiger charge is 2.27. The van der Waals surface area contributed by atoms with Crippen molar-refractivity contribution in [3.63, 3.8) is 0 Å². The molecule has 140 valence electrons. The molecule has 6 nitrogen and oxygen atoms in total. The molecule has 0 heterocycles. The summed E-state index contributed by atoms with van der Waals surface area (Å²) in [6.07, 6.45) is 0.862. The van der Waals surface area contributed by atoms with Crippen molar-refractivity contribution in [3.05, 3.63) is 53.6 Å². The van der Waals surface area contributed by atoms with Crippen molar-refractivity contribution in [2.75, 3.05) is 24.6 Å². The van der Waals surface area contributed by atoms with Gasteiger partial charge in [0.05, 0.1) is 24.3 Å². The van der Waals surface area contributed by atoms with Crippen LogP contribution in [0.2, 0.25) is 5.02 Å². The average molecular weight is 398 g/mol. The van der Waals surface area contributed by atoms with Crippen LogP contribution >= 0.6 is 11.6 Å². The van der Waals surface area contributed by atoms with Crippen LogP contribution in [0.3, 0.4) is 0 Å². The molecule has 8 heteroatoms. The van der Waals surface area contributed by atoms with Gasteiger partial charge in [-0.15, -0.1) is 0 Å². The maximum absolute atomic E-state index is 13.0. The summed E-state index contributed by atoms with van der Waals surface area (Å²) in [5, 5.41) is 0.417. The molecule has 2 aromatic rings. The second kappa shape index (κ2) is 8.91. The Labute approximate surface area is 158 Å². The summed E-state index contributed by atoms with van der Waals surface area (Å²) in [5.41, 5.74) is 0.328. The summed E-state index contributed by atoms with van der Waals surface area (Å²) in [5.74, 6) is -0.0497. The smallest absolute Gasteiger partial charge is 0.326 e. The van der Waals surface area contributed by atoms with Crippen molar-refractivity contribution in [2.45, 2.75) is 18.2 Å². The number of nitrogens with zero attached hydrogens (tertiary/aromatic N) is 1. The molecule has 0 radical (unpaired) electrons. The minimum absolute atomic E-state index is 0.0251. The molecule has 2 rings (SSSR count). The first-order chi connectivity index (χ1) is 12.4. The quantitative estimate of drug-likeness (QED) is 0.637. The van der Waals surface area contributed by atoms with E-state index in [-0.39, 0.29) is 4.90 Å². The predicted octanol–water partition coefficient (Wildman–Crippen LogP) is 3.50. The number of carbonyl (C=O) groups is 1. The van der Waals surface area contributed by atoms with Crippen LogP contribution in [0, 0.1) is 0 Å². The molecule has 0 amide bonds. The molecular formula is C18H20ClNO5S. The molecule has 0 unspecified atom stereocenters. The van der Waals surface area contributed by atoms with Crippen LogP contribution in [0.4, 0.5) is 5.69 Å². The molecule has 0 spiro atoms. The van der Waals surface area contributed by atoms with Gasteiger partial charge in [-0.3, -0.25) is 9.10 Å². The van der Waals surface area contributed by atoms with Crippen LogP contribution in [-0.4, -0.2) is 34.6 Å². The van der Waals surface area contributed by atoms with Gasteiger partial charge in [-0.2, -0.15) is 0 Å². The zero-order chi connectivity index (χ0) is 19.2. The lowest BCUT2D eigenvalue weighted by Gasteiger charge is -2.23. The monoisotopic (exact) mass is 397 g/mol. The van der Waals surface area contributed by atoms with E-state index < -0.39 is 22.5 Å². The zero-order valence-electron chi connectivity index (χ0n) is 14.5. The second-order valence-corrected chi connectivity index (χ2v) is 7.68. The fourth-order valence-corrected chi connectivity index (χ4v) is 3.69. The van der Waals surface area contributed by atoms with Gasteiger partial charge >= 0.3 is 5.97 Å². The fourth-order valence-electron chi connectivity index (χ4n) is 2.16. The summed E-state index contributed by atoms with van der Waals surface area (Å²) < 4.78 is 37.1. The molecule has 0 bridgehead atoms. The van der Waals surface area contributed by atoms with E-state index in [4.69, 9.17) is 16.3 Å². The molecule has 0 aliphatic heterocycles. The van der Waals surface area contributed by atoms with E-state index in [2.05, 4.69) is 4.74 Å². The standard InChI is InChI=1S/C18H20ClNO5S/c1-3-12-25-16-8-6-15(7-9-16)20(13-18(21)24-2)26(22,23)17-10-4-14(19)5-11-17/h4-11H,3,12-13H2,1-2H3. The molecule has 2 aromatic carbocycles. The van der Waals surface area contributed by atoms with Crippen molar-refractivity contribution in [1.82, 2.24) is 0 Å². The average Bonchev–Trinajstić information content (AvgIpc) is 2.65. The normalized spacial score (nSPS) is 11.0. The van der Waals surface area contributed by atoms with Crippen molar-refractivity contribution in [2.24, 2.45) is 0 Å². The SMILES string of the molecule is CCCOc1ccc(N(CC(=O)OC)S(=O)(=O)c2ccc(Cl)cc2)cc1. The van der Waals surface area contributed by atoms with Crippen molar-refractivity contribution in [1.29, 1.82) is 0 Å². The van der Waals surface area contributed by atoms with Gasteiger partial charge in [-0.25, -0.2) is 8.42 Å². The maximum Gasteiger partial charge on any atom is 0.326 e. The molecule has 0 aliphatic carbocycles. The topological polar surface area (TPSA) is 72.9 Å². The number of methoxy groups -OCH3 is 1. The Kier molecular flexibility index (Phi) is 6.88. The van der Waals surface area contributed by atoms with Crippen molar-refractivity contribution in [3.8, 4) is 5.75 Å². The summed E-state index contributed by atoms with van der Waals surface area (Å²) in [6, 6.07) is 12.2. The molecule has 0 N–H and O–H groups in total. The Bertz CT molecular complexity index is 835. The third-order valence-corrected chi connectivity index (χ3v) is 5.54. The molecule has 0 fully saturated rings. The number of rotatable bonds is 8. The molecule has 0 atom stereocenters. The number of hydrogen-bond acceptors (Lipinski definition) is 5. The van der Waals surface area contributed by atoms with Crippen LogP contribution in [0.1, 0.15) is 13.3 Å². The lowest BCUT2D eigenvalue weighted by molar-refractivity contribution is -0.138. The first kappa shape index (κ1) is 20.1. The first-order valence-corrected chi connectivity index (χ1v) is 9.78. The van der Waals surface area contributed by atoms with Crippen LogP contribution in [-0.2, 0) is 19.6 Å². The highest BCUT2D eigenvalue weighted by molar-refractivity contribution is 7.92. The van der Waals surface area contributed by atoms with Gasteiger partial charge in [0.1, 0.15) is 12.3 Å². The Morgan fingerprint density at radius 1 is 1.08 bits per heavy atom. The third kappa shape index (κ3) is 4.89. The minimum atomic E-state index is -3.97. The summed E-state index contributed by atoms with van der Waals surface area (Å²) in [6.45, 7) is 2.11. The van der Waals surface area contributed by atoms with Gasteiger partial charge < -0.3 is 9.47 Å². The van der Waals surface area contributed by atoms with E-state index in [1.807, 2.05) is 6.92 Å². The number of ether oxygens (including phenoxy) is 2. The van der Waals surface area contributed by atoms with Crippen LogP contribution in [0.15, 0.2) is 53.4 Å². The van der Waals surface area contributed by atoms with Crippen LogP contribution in [0.25, 0.3) is 0 Å². The largest absolute Gasteiger partial charge is 0.494 e. The number of benzene rings is 2. The van der Waals surface area contributed by atoms with Gasteiger partial charge in [-0.1, -0.05) is 18.5 Å². The molecule has 26 heavy (non-hydrogen) atoms. The molecule has 0 aliphatic rings. The zero-order valence-corrected chi connectivity index (χ0v) is 16.1. The molecule has 0 saturated heterocycles. The Balaban J connectivity index is 2.39. The summed E-state index contributed by atoms with van der Waals surface area (Å²) in [4.78, 5) is 11.8. The van der Waals surface area contributed by atoms with E-state index in [1.165, 1.54) is 31.4 Å². The van der Waals surface area contributed by atoms with Gasteiger partial charge in [0.2, 0.25) is 0 Å². The van der Waals surface area contributed by atoms with E-state index in [0.29, 0.717) is 23.1 Å². The lowest BCUT2D eigenvalue weighted by Crippen LogP contribution is -2.36. The van der Waals surface area contributed by atoms with E-state index in [1.54, 1.807) is 24.3 Å². The number of sulfonamides is 1. The predicted molar refractivity (Wildman–Crippen MR) is 100 cm³/mol. The van der Waals surface area contributed by atoms with E-state index in [9.17, 15) is 13.2 Å². The number of anilines is 1. The van der Waals surface area contributed by atoms with E-state index in [0.717, 1.165) is 10.7 Å². The van der Waals surface area contributed by atoms with Gasteiger partial charge in [0, 0.05) is 5.02 Å². The van der Waals surface area contributed by atoms with Gasteiger partial charge in [0.15, 0.2) is 0 Å². The Morgan fingerprint density at radius 2 is 1.69 bits per heavy atom. The molecule has 0 saturated carbocycles. The molecular weight excluding hydrogens is 378 g/mol. The van der Waals surface area contributed by atoms with Gasteiger partial charge in [-0.05, 0) is 55.0 Å².